The third-order valence-electron chi connectivity index (χ3n) is 2.75. The lowest BCUT2D eigenvalue weighted by atomic mass is 10.4. The Morgan fingerprint density at radius 2 is 1.32 bits per heavy atom. The highest BCUT2D eigenvalue weighted by atomic mass is 28.5. The van der Waals surface area contributed by atoms with Crippen molar-refractivity contribution in [3.63, 3.8) is 0 Å². The molecule has 0 amide bonds. The molecule has 0 aliphatic carbocycles. The predicted octanol–water partition coefficient (Wildman–Crippen LogP) is 3.43. The summed E-state index contributed by atoms with van der Waals surface area (Å²) in [6, 6.07) is 0. The molecule has 152 valence electrons. The number of aliphatic hydroxyl groups excluding tert-OH is 1. The molecule has 10 heteroatoms. The van der Waals surface area contributed by atoms with Crippen LogP contribution in [-0.4, -0.2) is 71.0 Å². The molecule has 0 saturated carbocycles. The van der Waals surface area contributed by atoms with Crippen molar-refractivity contribution in [2.24, 2.45) is 0 Å². The maximum Gasteiger partial charge on any atom is 0.342 e. The van der Waals surface area contributed by atoms with E-state index in [1.54, 1.807) is 0 Å². The number of hydrogen-bond acceptors (Lipinski definition) is 6. The number of rotatable bonds is 13. The van der Waals surface area contributed by atoms with Crippen molar-refractivity contribution in [3.8, 4) is 0 Å². The SMILES string of the molecule is CC(COC[Si](C)(O[Si](C)(C)C)O[Si](C)(C)O[Si](C)(C)C)OCCO. The molecule has 0 aromatic heterocycles. The molecule has 0 aliphatic rings. The maximum absolute atomic E-state index is 8.82. The molecule has 0 radical (unpaired) electrons. The first-order valence-electron chi connectivity index (χ1n) is 8.98. The van der Waals surface area contributed by atoms with E-state index in [1.807, 2.05) is 6.92 Å². The average Bonchev–Trinajstić information content (AvgIpc) is 2.29. The second kappa shape index (κ2) is 10.2. The minimum Gasteiger partial charge on any atom is -0.437 e. The number of aliphatic hydroxyl groups is 1. The van der Waals surface area contributed by atoms with Crippen LogP contribution in [0.2, 0.25) is 58.9 Å². The molecular weight excluding hydrogens is 389 g/mol. The van der Waals surface area contributed by atoms with Crippen molar-refractivity contribution >= 4 is 33.8 Å². The summed E-state index contributed by atoms with van der Waals surface area (Å²) < 4.78 is 30.6. The van der Waals surface area contributed by atoms with Gasteiger partial charge in [-0.05, 0) is 65.8 Å². The third-order valence-corrected chi connectivity index (χ3v) is 15.8. The fraction of sp³-hybridized carbons (Fsp3) is 1.00. The van der Waals surface area contributed by atoms with Crippen LogP contribution >= 0.6 is 0 Å². The van der Waals surface area contributed by atoms with Gasteiger partial charge in [-0.3, -0.25) is 0 Å². The first kappa shape index (κ1) is 25.6. The van der Waals surface area contributed by atoms with Gasteiger partial charge in [0.15, 0.2) is 16.6 Å². The van der Waals surface area contributed by atoms with Crippen LogP contribution in [0.25, 0.3) is 0 Å². The second-order valence-electron chi connectivity index (χ2n) is 8.98. The molecule has 25 heavy (non-hydrogen) atoms. The van der Waals surface area contributed by atoms with Crippen LogP contribution in [0.5, 0.6) is 0 Å². The minimum absolute atomic E-state index is 0.0203. The molecule has 0 rings (SSSR count). The summed E-state index contributed by atoms with van der Waals surface area (Å²) in [5.74, 6) is 0. The zero-order valence-corrected chi connectivity index (χ0v) is 21.9. The standard InChI is InChI=1S/C15H40O6Si4/c1-15(18-12-11-16)13-17-14-25(10,20-23(5,6)7)21-24(8,9)19-22(2,3)4/h15-16H,11-14H2,1-10H3. The molecule has 6 nitrogen and oxygen atoms in total. The third kappa shape index (κ3) is 14.4. The summed E-state index contributed by atoms with van der Waals surface area (Å²) >= 11 is 0. The van der Waals surface area contributed by atoms with E-state index < -0.39 is 33.8 Å². The maximum atomic E-state index is 8.82. The lowest BCUT2D eigenvalue weighted by Crippen LogP contribution is -2.59. The molecule has 0 saturated heterocycles. The van der Waals surface area contributed by atoms with E-state index in [9.17, 15) is 0 Å². The Kier molecular flexibility index (Phi) is 10.5. The highest BCUT2D eigenvalue weighted by Crippen LogP contribution is 2.24. The molecule has 0 aromatic rings. The van der Waals surface area contributed by atoms with Crippen LogP contribution in [0.4, 0.5) is 0 Å². The normalized spacial score (nSPS) is 17.4. The largest absolute Gasteiger partial charge is 0.437 e. The van der Waals surface area contributed by atoms with E-state index in [-0.39, 0.29) is 12.7 Å². The van der Waals surface area contributed by atoms with Crippen molar-refractivity contribution in [2.45, 2.75) is 72.0 Å². The summed E-state index contributed by atoms with van der Waals surface area (Å²) in [6.45, 7) is 22.0. The van der Waals surface area contributed by atoms with E-state index >= 15 is 0 Å². The molecule has 0 bridgehead atoms. The van der Waals surface area contributed by atoms with Crippen LogP contribution in [0, 0.1) is 0 Å². The second-order valence-corrected chi connectivity index (χ2v) is 25.2. The molecule has 0 spiro atoms. The molecule has 2 atom stereocenters. The molecule has 1 N–H and O–H groups in total. The van der Waals surface area contributed by atoms with Crippen LogP contribution in [0.1, 0.15) is 6.92 Å². The van der Waals surface area contributed by atoms with Gasteiger partial charge in [0.05, 0.1) is 32.2 Å². The minimum atomic E-state index is -2.52. The van der Waals surface area contributed by atoms with Gasteiger partial charge in [0.2, 0.25) is 0 Å². The smallest absolute Gasteiger partial charge is 0.342 e. The van der Waals surface area contributed by atoms with Gasteiger partial charge in [0.25, 0.3) is 0 Å². The lowest BCUT2D eigenvalue weighted by Gasteiger charge is -2.41. The summed E-state index contributed by atoms with van der Waals surface area (Å²) in [5.41, 5.74) is 0. The van der Waals surface area contributed by atoms with Gasteiger partial charge in [-0.15, -0.1) is 0 Å². The van der Waals surface area contributed by atoms with E-state index in [4.69, 9.17) is 26.9 Å². The van der Waals surface area contributed by atoms with Gasteiger partial charge in [0, 0.05) is 0 Å². The molecule has 0 aromatic carbocycles. The van der Waals surface area contributed by atoms with Crippen molar-refractivity contribution in [3.05, 3.63) is 0 Å². The predicted molar refractivity (Wildman–Crippen MR) is 112 cm³/mol. The summed E-state index contributed by atoms with van der Waals surface area (Å²) in [7, 11) is -8.28. The number of hydrogen-bond donors (Lipinski definition) is 1. The van der Waals surface area contributed by atoms with Crippen molar-refractivity contribution in [1.82, 2.24) is 0 Å². The zero-order valence-electron chi connectivity index (χ0n) is 17.9. The molecule has 0 aliphatic heterocycles. The van der Waals surface area contributed by atoms with Crippen LogP contribution in [-0.2, 0) is 21.8 Å². The Morgan fingerprint density at radius 3 is 1.76 bits per heavy atom. The van der Waals surface area contributed by atoms with Crippen LogP contribution in [0.3, 0.4) is 0 Å². The van der Waals surface area contributed by atoms with E-state index in [0.29, 0.717) is 19.4 Å². The van der Waals surface area contributed by atoms with Gasteiger partial charge < -0.3 is 26.9 Å². The van der Waals surface area contributed by atoms with Crippen LogP contribution < -0.4 is 0 Å². The fourth-order valence-electron chi connectivity index (χ4n) is 2.72. The topological polar surface area (TPSA) is 66.4 Å². The first-order chi connectivity index (χ1) is 11.1. The van der Waals surface area contributed by atoms with Crippen molar-refractivity contribution in [1.29, 1.82) is 0 Å². The van der Waals surface area contributed by atoms with Gasteiger partial charge in [0.1, 0.15) is 0 Å². The number of ether oxygens (including phenoxy) is 2. The van der Waals surface area contributed by atoms with Gasteiger partial charge in [-0.2, -0.15) is 0 Å². The van der Waals surface area contributed by atoms with E-state index in [1.165, 1.54) is 0 Å². The molecule has 2 unspecified atom stereocenters. The Labute approximate surface area is 158 Å². The monoisotopic (exact) mass is 428 g/mol. The zero-order chi connectivity index (χ0) is 19.9. The summed E-state index contributed by atoms with van der Waals surface area (Å²) in [5, 5.41) is 8.82. The van der Waals surface area contributed by atoms with Gasteiger partial charge >= 0.3 is 17.1 Å². The Bertz CT molecular complexity index is 383. The van der Waals surface area contributed by atoms with Gasteiger partial charge in [-0.1, -0.05) is 0 Å². The van der Waals surface area contributed by atoms with Gasteiger partial charge in [-0.25, -0.2) is 0 Å². The Balaban J connectivity index is 4.89. The molecular formula is C15H40O6Si4. The average molecular weight is 429 g/mol. The molecule has 0 heterocycles. The van der Waals surface area contributed by atoms with Crippen LogP contribution in [0.15, 0.2) is 0 Å². The first-order valence-corrected chi connectivity index (χ1v) is 21.1. The highest BCUT2D eigenvalue weighted by Gasteiger charge is 2.45. The van der Waals surface area contributed by atoms with E-state index in [0.717, 1.165) is 0 Å². The van der Waals surface area contributed by atoms with Crippen molar-refractivity contribution in [2.75, 3.05) is 26.1 Å². The fourth-order valence-corrected chi connectivity index (χ4v) is 20.0. The summed E-state index contributed by atoms with van der Waals surface area (Å²) in [6.07, 6.45) is 0.385. The van der Waals surface area contributed by atoms with E-state index in [2.05, 4.69) is 58.9 Å². The molecule has 0 fully saturated rings. The Morgan fingerprint density at radius 1 is 0.800 bits per heavy atom. The quantitative estimate of drug-likeness (QED) is 0.453. The Hall–Kier alpha value is 0.628. The lowest BCUT2D eigenvalue weighted by molar-refractivity contribution is -0.0131. The van der Waals surface area contributed by atoms with Crippen molar-refractivity contribution < 1.29 is 26.9 Å². The summed E-state index contributed by atoms with van der Waals surface area (Å²) in [4.78, 5) is 0. The highest BCUT2D eigenvalue weighted by molar-refractivity contribution is 6.89.